The second-order valence-corrected chi connectivity index (χ2v) is 11.3. The van der Waals surface area contributed by atoms with Crippen LogP contribution in [0.15, 0.2) is 36.4 Å². The number of hydrogen-bond donors (Lipinski definition) is 0. The zero-order valence-corrected chi connectivity index (χ0v) is 18.7. The molecular formula is C22H25Cl3N2O2. The maximum Gasteiger partial charge on any atom is 0.414 e. The first-order valence-corrected chi connectivity index (χ1v) is 11.5. The van der Waals surface area contributed by atoms with E-state index in [4.69, 9.17) is 39.5 Å². The van der Waals surface area contributed by atoms with Gasteiger partial charge < -0.3 is 4.74 Å². The number of ether oxygens (including phenoxy) is 1. The third-order valence-electron chi connectivity index (χ3n) is 7.67. The maximum absolute atomic E-state index is 13.2. The van der Waals surface area contributed by atoms with E-state index in [1.807, 2.05) is 17.0 Å². The SMILES string of the molecule is CC[C@]12C=CCN3CC[C@@]4(c5ccccc5N(C(=O)OCC(Cl)(Cl)Cl)[C@H]4CC1)[C@@H]32. The van der Waals surface area contributed by atoms with Crippen LogP contribution in [0.4, 0.5) is 10.5 Å². The summed E-state index contributed by atoms with van der Waals surface area (Å²) in [6.07, 6.45) is 8.56. The Morgan fingerprint density at radius 3 is 2.83 bits per heavy atom. The van der Waals surface area contributed by atoms with Gasteiger partial charge in [-0.3, -0.25) is 9.80 Å². The molecule has 3 aliphatic heterocycles. The molecule has 1 saturated carbocycles. The number of amides is 1. The number of hydrogen-bond acceptors (Lipinski definition) is 3. The number of alkyl halides is 3. The van der Waals surface area contributed by atoms with Crippen molar-refractivity contribution in [2.45, 2.75) is 53.9 Å². The van der Waals surface area contributed by atoms with Crippen LogP contribution in [0.3, 0.4) is 0 Å². The van der Waals surface area contributed by atoms with Crippen molar-refractivity contribution in [1.29, 1.82) is 0 Å². The van der Waals surface area contributed by atoms with Crippen LogP contribution in [0.5, 0.6) is 0 Å². The lowest BCUT2D eigenvalue weighted by atomic mass is 9.53. The van der Waals surface area contributed by atoms with Crippen molar-refractivity contribution >= 4 is 46.6 Å². The summed E-state index contributed by atoms with van der Waals surface area (Å²) in [4.78, 5) is 17.7. The van der Waals surface area contributed by atoms with Crippen molar-refractivity contribution in [3.8, 4) is 0 Å². The van der Waals surface area contributed by atoms with Crippen LogP contribution >= 0.6 is 34.8 Å². The molecule has 1 aromatic carbocycles. The molecule has 0 unspecified atom stereocenters. The van der Waals surface area contributed by atoms with Gasteiger partial charge in [0.15, 0.2) is 0 Å². The van der Waals surface area contributed by atoms with Crippen LogP contribution in [0, 0.1) is 5.41 Å². The lowest BCUT2D eigenvalue weighted by Crippen LogP contribution is -2.64. The average Bonchev–Trinajstić information content (AvgIpc) is 3.24. The molecule has 4 atom stereocenters. The smallest absolute Gasteiger partial charge is 0.414 e. The van der Waals surface area contributed by atoms with Crippen LogP contribution in [0.25, 0.3) is 0 Å². The van der Waals surface area contributed by atoms with Crippen molar-refractivity contribution in [2.24, 2.45) is 5.41 Å². The lowest BCUT2D eigenvalue weighted by Gasteiger charge is -2.56. The van der Waals surface area contributed by atoms with Gasteiger partial charge in [0.05, 0.1) is 11.7 Å². The van der Waals surface area contributed by atoms with Gasteiger partial charge in [0.1, 0.15) is 6.61 Å². The van der Waals surface area contributed by atoms with Crippen molar-refractivity contribution in [2.75, 3.05) is 24.6 Å². The number of carbonyl (C=O) groups excluding carboxylic acids is 1. The third-order valence-corrected chi connectivity index (χ3v) is 8.00. The molecule has 0 N–H and O–H groups in total. The second-order valence-electron chi connectivity index (χ2n) is 8.79. The van der Waals surface area contributed by atoms with Crippen molar-refractivity contribution in [3.63, 3.8) is 0 Å². The zero-order chi connectivity index (χ0) is 20.4. The van der Waals surface area contributed by atoms with Gasteiger partial charge in [-0.2, -0.15) is 0 Å². The lowest BCUT2D eigenvalue weighted by molar-refractivity contribution is 0.0305. The fourth-order valence-electron chi connectivity index (χ4n) is 6.73. The molecule has 1 aromatic rings. The van der Waals surface area contributed by atoms with Gasteiger partial charge in [-0.25, -0.2) is 4.79 Å². The minimum absolute atomic E-state index is 0.0731. The van der Waals surface area contributed by atoms with Gasteiger partial charge in [-0.05, 0) is 43.9 Å². The van der Waals surface area contributed by atoms with Gasteiger partial charge in [-0.1, -0.05) is 72.1 Å². The molecule has 1 spiro atoms. The minimum Gasteiger partial charge on any atom is -0.445 e. The summed E-state index contributed by atoms with van der Waals surface area (Å²) < 4.78 is 3.83. The Balaban J connectivity index is 1.60. The Labute approximate surface area is 186 Å². The molecule has 29 heavy (non-hydrogen) atoms. The van der Waals surface area contributed by atoms with Crippen molar-refractivity contribution < 1.29 is 9.53 Å². The monoisotopic (exact) mass is 454 g/mol. The molecule has 4 aliphatic rings. The first-order valence-electron chi connectivity index (χ1n) is 10.4. The first-order chi connectivity index (χ1) is 13.8. The quantitative estimate of drug-likeness (QED) is 0.439. The number of carbonyl (C=O) groups is 1. The summed E-state index contributed by atoms with van der Waals surface area (Å²) in [6.45, 7) is 4.08. The molecule has 1 amide bonds. The Morgan fingerprint density at radius 1 is 1.28 bits per heavy atom. The highest BCUT2D eigenvalue weighted by atomic mass is 35.6. The number of anilines is 1. The summed E-state index contributed by atoms with van der Waals surface area (Å²) in [7, 11) is 0. The van der Waals surface area contributed by atoms with Crippen LogP contribution in [0.2, 0.25) is 0 Å². The standard InChI is InChI=1S/C22H25Cl3N2O2/c1-2-20-9-5-12-26-13-11-21(18(20)26)15-6-3-4-7-16(15)27(17(21)8-10-20)19(28)29-14-22(23,24)25/h3-7,9,17-18H,2,8,10-14H2,1H3/t17-,18-,20-,21-/m0/s1. The molecule has 1 saturated heterocycles. The van der Waals surface area contributed by atoms with E-state index in [-0.39, 0.29) is 23.5 Å². The molecule has 156 valence electrons. The van der Waals surface area contributed by atoms with E-state index < -0.39 is 9.89 Å². The van der Waals surface area contributed by atoms with E-state index in [0.717, 1.165) is 44.5 Å². The summed E-state index contributed by atoms with van der Waals surface area (Å²) in [6, 6.07) is 8.79. The topological polar surface area (TPSA) is 32.8 Å². The molecule has 5 rings (SSSR count). The van der Waals surface area contributed by atoms with E-state index in [0.29, 0.717) is 6.04 Å². The number of halogens is 3. The number of fused-ring (bicyclic) bond motifs is 1. The number of para-hydroxylation sites is 1. The Morgan fingerprint density at radius 2 is 2.07 bits per heavy atom. The molecule has 0 radical (unpaired) electrons. The van der Waals surface area contributed by atoms with E-state index in [2.05, 4.69) is 36.1 Å². The first kappa shape index (κ1) is 20.0. The third kappa shape index (κ3) is 2.79. The molecule has 2 fully saturated rings. The van der Waals surface area contributed by atoms with Crippen LogP contribution in [0.1, 0.15) is 38.2 Å². The van der Waals surface area contributed by atoms with Crippen molar-refractivity contribution in [1.82, 2.24) is 4.90 Å². The second kappa shape index (κ2) is 6.78. The highest BCUT2D eigenvalue weighted by Crippen LogP contribution is 2.64. The van der Waals surface area contributed by atoms with E-state index >= 15 is 0 Å². The molecular weight excluding hydrogens is 431 g/mol. The summed E-state index contributed by atoms with van der Waals surface area (Å²) >= 11 is 17.5. The number of nitrogens with zero attached hydrogens (tertiary/aromatic N) is 2. The van der Waals surface area contributed by atoms with Gasteiger partial charge in [-0.15, -0.1) is 0 Å². The van der Waals surface area contributed by atoms with Crippen LogP contribution in [-0.2, 0) is 10.2 Å². The predicted octanol–water partition coefficient (Wildman–Crippen LogP) is 5.45. The van der Waals surface area contributed by atoms with Gasteiger partial charge in [0.2, 0.25) is 3.79 Å². The summed E-state index contributed by atoms with van der Waals surface area (Å²) in [5, 5.41) is 0. The molecule has 0 aromatic heterocycles. The summed E-state index contributed by atoms with van der Waals surface area (Å²) in [5.74, 6) is 0. The van der Waals surface area contributed by atoms with E-state index in [1.54, 1.807) is 0 Å². The van der Waals surface area contributed by atoms with Crippen LogP contribution in [-0.4, -0.2) is 46.6 Å². The summed E-state index contributed by atoms with van der Waals surface area (Å²) in [5.41, 5.74) is 2.32. The fourth-order valence-corrected chi connectivity index (χ4v) is 6.90. The van der Waals surface area contributed by atoms with E-state index in [1.165, 1.54) is 5.56 Å². The molecule has 0 bridgehead atoms. The molecule has 7 heteroatoms. The van der Waals surface area contributed by atoms with E-state index in [9.17, 15) is 4.79 Å². The minimum atomic E-state index is -1.62. The maximum atomic E-state index is 13.2. The normalized spacial score (nSPS) is 35.2. The fraction of sp³-hybridized carbons (Fsp3) is 0.591. The van der Waals surface area contributed by atoms with Crippen molar-refractivity contribution in [3.05, 3.63) is 42.0 Å². The zero-order valence-electron chi connectivity index (χ0n) is 16.4. The molecule has 4 nitrogen and oxygen atoms in total. The average molecular weight is 456 g/mol. The Kier molecular flexibility index (Phi) is 4.67. The molecule has 3 heterocycles. The van der Waals surface area contributed by atoms with Gasteiger partial charge >= 0.3 is 6.09 Å². The Hall–Kier alpha value is -0.940. The largest absolute Gasteiger partial charge is 0.445 e. The highest BCUT2D eigenvalue weighted by molar-refractivity contribution is 6.67. The predicted molar refractivity (Wildman–Crippen MR) is 117 cm³/mol. The number of rotatable bonds is 2. The van der Waals surface area contributed by atoms with Gasteiger partial charge in [0.25, 0.3) is 0 Å². The van der Waals surface area contributed by atoms with Gasteiger partial charge in [0, 0.05) is 23.4 Å². The van der Waals surface area contributed by atoms with Crippen LogP contribution < -0.4 is 4.90 Å². The highest BCUT2D eigenvalue weighted by Gasteiger charge is 2.68. The Bertz CT molecular complexity index is 870. The number of benzene rings is 1. The molecule has 1 aliphatic carbocycles.